The van der Waals surface area contributed by atoms with Crippen LogP contribution >= 0.6 is 11.6 Å². The molecule has 4 rings (SSSR count). The molecule has 0 aromatic heterocycles. The van der Waals surface area contributed by atoms with Gasteiger partial charge in [0.25, 0.3) is 0 Å². The van der Waals surface area contributed by atoms with Crippen LogP contribution in [0.3, 0.4) is 0 Å². The number of nitrogens with zero attached hydrogens (tertiary/aromatic N) is 1. The predicted molar refractivity (Wildman–Crippen MR) is 97.0 cm³/mol. The van der Waals surface area contributed by atoms with Gasteiger partial charge in [-0.15, -0.1) is 13.2 Å². The van der Waals surface area contributed by atoms with Crippen molar-refractivity contribution in [3.63, 3.8) is 0 Å². The standard InChI is InChI=1S/C19H18ClF3N2O3/c20-15-10-17-16(26-11-27-17)9-14(15)18(25-7-5-24-6-8-25)12-1-3-13(4-2-12)28-19(21,22)23/h1-4,9-10,18,24H,5-8,11H2/t18-/m1/s1. The van der Waals surface area contributed by atoms with E-state index in [2.05, 4.69) is 15.0 Å². The summed E-state index contributed by atoms with van der Waals surface area (Å²) in [4.78, 5) is 2.24. The largest absolute Gasteiger partial charge is 0.573 e. The lowest BCUT2D eigenvalue weighted by molar-refractivity contribution is -0.274. The summed E-state index contributed by atoms with van der Waals surface area (Å²) in [6.07, 6.45) is -4.72. The van der Waals surface area contributed by atoms with E-state index in [1.807, 2.05) is 6.07 Å². The van der Waals surface area contributed by atoms with Gasteiger partial charge in [-0.3, -0.25) is 4.90 Å². The molecule has 9 heteroatoms. The topological polar surface area (TPSA) is 43.0 Å². The molecule has 28 heavy (non-hydrogen) atoms. The second-order valence-electron chi connectivity index (χ2n) is 6.53. The van der Waals surface area contributed by atoms with Crippen LogP contribution in [0.15, 0.2) is 36.4 Å². The van der Waals surface area contributed by atoms with Crippen LogP contribution in [-0.2, 0) is 0 Å². The highest BCUT2D eigenvalue weighted by Crippen LogP contribution is 2.42. The van der Waals surface area contributed by atoms with Gasteiger partial charge in [0.2, 0.25) is 6.79 Å². The van der Waals surface area contributed by atoms with Crippen LogP contribution in [0.25, 0.3) is 0 Å². The lowest BCUT2D eigenvalue weighted by atomic mass is 9.95. The van der Waals surface area contributed by atoms with Crippen LogP contribution in [0, 0.1) is 0 Å². The zero-order valence-corrected chi connectivity index (χ0v) is 15.5. The number of fused-ring (bicyclic) bond motifs is 1. The molecule has 5 nitrogen and oxygen atoms in total. The van der Waals surface area contributed by atoms with Gasteiger partial charge in [0.15, 0.2) is 11.5 Å². The van der Waals surface area contributed by atoms with Crippen LogP contribution < -0.4 is 19.5 Å². The summed E-state index contributed by atoms with van der Waals surface area (Å²) >= 11 is 6.54. The molecule has 0 spiro atoms. The molecule has 2 heterocycles. The van der Waals surface area contributed by atoms with E-state index in [-0.39, 0.29) is 18.6 Å². The highest BCUT2D eigenvalue weighted by molar-refractivity contribution is 6.31. The van der Waals surface area contributed by atoms with Crippen molar-refractivity contribution in [1.29, 1.82) is 0 Å². The SMILES string of the molecule is FC(F)(F)Oc1ccc([C@H](c2cc3c(cc2Cl)OCO3)N2CCNCC2)cc1. The Hall–Kier alpha value is -2.16. The van der Waals surface area contributed by atoms with E-state index in [4.69, 9.17) is 21.1 Å². The van der Waals surface area contributed by atoms with Gasteiger partial charge in [-0.25, -0.2) is 0 Å². The molecule has 0 bridgehead atoms. The van der Waals surface area contributed by atoms with E-state index in [0.717, 1.165) is 37.3 Å². The number of nitrogens with one attached hydrogen (secondary N) is 1. The van der Waals surface area contributed by atoms with Crippen LogP contribution in [-0.4, -0.2) is 44.2 Å². The Labute approximate surface area is 164 Å². The van der Waals surface area contributed by atoms with Crippen LogP contribution in [0.2, 0.25) is 5.02 Å². The van der Waals surface area contributed by atoms with E-state index < -0.39 is 6.36 Å². The molecule has 2 aliphatic heterocycles. The van der Waals surface area contributed by atoms with Gasteiger partial charge in [-0.05, 0) is 29.3 Å². The first-order chi connectivity index (χ1) is 13.4. The van der Waals surface area contributed by atoms with Gasteiger partial charge in [0.1, 0.15) is 5.75 Å². The minimum atomic E-state index is -4.72. The number of piperazine rings is 1. The van der Waals surface area contributed by atoms with E-state index in [0.29, 0.717) is 16.5 Å². The van der Waals surface area contributed by atoms with Crippen molar-refractivity contribution in [1.82, 2.24) is 10.2 Å². The average molecular weight is 415 g/mol. The number of rotatable bonds is 4. The first-order valence-corrected chi connectivity index (χ1v) is 9.18. The Morgan fingerprint density at radius 1 is 1.04 bits per heavy atom. The Kier molecular flexibility index (Phi) is 5.27. The maximum Gasteiger partial charge on any atom is 0.573 e. The number of hydrogen-bond donors (Lipinski definition) is 1. The molecular weight excluding hydrogens is 397 g/mol. The number of ether oxygens (including phenoxy) is 3. The molecule has 150 valence electrons. The zero-order valence-electron chi connectivity index (χ0n) is 14.8. The fourth-order valence-electron chi connectivity index (χ4n) is 3.52. The summed E-state index contributed by atoms with van der Waals surface area (Å²) < 4.78 is 52.2. The predicted octanol–water partition coefficient (Wildman–Crippen LogP) is 3.96. The summed E-state index contributed by atoms with van der Waals surface area (Å²) in [5, 5.41) is 3.82. The van der Waals surface area contributed by atoms with Crippen molar-refractivity contribution < 1.29 is 27.4 Å². The summed E-state index contributed by atoms with van der Waals surface area (Å²) in [5.41, 5.74) is 1.63. The second-order valence-corrected chi connectivity index (χ2v) is 6.94. The lowest BCUT2D eigenvalue weighted by Gasteiger charge is -2.36. The summed E-state index contributed by atoms with van der Waals surface area (Å²) in [6.45, 7) is 3.31. The Balaban J connectivity index is 1.70. The molecule has 0 amide bonds. The molecule has 1 saturated heterocycles. The molecule has 1 N–H and O–H groups in total. The van der Waals surface area contributed by atoms with Crippen LogP contribution in [0.4, 0.5) is 13.2 Å². The highest BCUT2D eigenvalue weighted by Gasteiger charge is 2.32. The molecular formula is C19H18ClF3N2O3. The van der Waals surface area contributed by atoms with Crippen molar-refractivity contribution >= 4 is 11.6 Å². The normalized spacial score (nSPS) is 18.1. The Morgan fingerprint density at radius 2 is 1.68 bits per heavy atom. The van der Waals surface area contributed by atoms with Gasteiger partial charge < -0.3 is 19.5 Å². The Morgan fingerprint density at radius 3 is 2.32 bits per heavy atom. The van der Waals surface area contributed by atoms with Crippen molar-refractivity contribution in [3.8, 4) is 17.2 Å². The Bertz CT molecular complexity index is 840. The van der Waals surface area contributed by atoms with Crippen molar-refractivity contribution in [2.45, 2.75) is 12.4 Å². The third-order valence-electron chi connectivity index (χ3n) is 4.73. The summed E-state index contributed by atoms with van der Waals surface area (Å²) in [6, 6.07) is 9.23. The van der Waals surface area contributed by atoms with Gasteiger partial charge in [-0.1, -0.05) is 23.7 Å². The highest BCUT2D eigenvalue weighted by atomic mass is 35.5. The van der Waals surface area contributed by atoms with Gasteiger partial charge in [0, 0.05) is 37.3 Å². The minimum absolute atomic E-state index is 0.136. The van der Waals surface area contributed by atoms with E-state index in [1.54, 1.807) is 18.2 Å². The number of halogens is 4. The van der Waals surface area contributed by atoms with Gasteiger partial charge in [-0.2, -0.15) is 0 Å². The summed E-state index contributed by atoms with van der Waals surface area (Å²) in [5.74, 6) is 0.936. The van der Waals surface area contributed by atoms with Crippen LogP contribution in [0.1, 0.15) is 17.2 Å². The molecule has 0 saturated carbocycles. The molecule has 2 aromatic carbocycles. The molecule has 0 radical (unpaired) electrons. The first kappa shape index (κ1) is 19.2. The second kappa shape index (κ2) is 7.69. The number of hydrogen-bond acceptors (Lipinski definition) is 5. The third kappa shape index (κ3) is 4.14. The maximum absolute atomic E-state index is 12.5. The third-order valence-corrected chi connectivity index (χ3v) is 5.06. The van der Waals surface area contributed by atoms with E-state index in [9.17, 15) is 13.2 Å². The molecule has 0 aliphatic carbocycles. The maximum atomic E-state index is 12.5. The summed E-state index contributed by atoms with van der Waals surface area (Å²) in [7, 11) is 0. The lowest BCUT2D eigenvalue weighted by Crippen LogP contribution is -2.45. The van der Waals surface area contributed by atoms with E-state index in [1.165, 1.54) is 12.1 Å². The molecule has 1 fully saturated rings. The molecule has 0 unspecified atom stereocenters. The quantitative estimate of drug-likeness (QED) is 0.820. The molecule has 2 aliphatic rings. The minimum Gasteiger partial charge on any atom is -0.454 e. The van der Waals surface area contributed by atoms with Gasteiger partial charge >= 0.3 is 6.36 Å². The van der Waals surface area contributed by atoms with Crippen molar-refractivity contribution in [2.24, 2.45) is 0 Å². The monoisotopic (exact) mass is 414 g/mol. The number of benzene rings is 2. The van der Waals surface area contributed by atoms with Crippen molar-refractivity contribution in [3.05, 3.63) is 52.5 Å². The molecule has 1 atom stereocenters. The van der Waals surface area contributed by atoms with Crippen LogP contribution in [0.5, 0.6) is 17.2 Å². The fourth-order valence-corrected chi connectivity index (χ4v) is 3.78. The first-order valence-electron chi connectivity index (χ1n) is 8.80. The van der Waals surface area contributed by atoms with E-state index >= 15 is 0 Å². The molecule has 2 aromatic rings. The zero-order chi connectivity index (χ0) is 19.7. The fraction of sp³-hybridized carbons (Fsp3) is 0.368. The number of alkyl halides is 3. The van der Waals surface area contributed by atoms with Gasteiger partial charge in [0.05, 0.1) is 6.04 Å². The smallest absolute Gasteiger partial charge is 0.454 e. The van der Waals surface area contributed by atoms with Crippen molar-refractivity contribution in [2.75, 3.05) is 33.0 Å². The average Bonchev–Trinajstić information content (AvgIpc) is 3.10.